The summed E-state index contributed by atoms with van der Waals surface area (Å²) in [5.41, 5.74) is 1.13. The van der Waals surface area contributed by atoms with Crippen LogP contribution < -0.4 is 10.2 Å². The molecule has 0 saturated carbocycles. The van der Waals surface area contributed by atoms with Gasteiger partial charge in [-0.05, 0) is 50.3 Å². The third kappa shape index (κ3) is 5.27. The summed E-state index contributed by atoms with van der Waals surface area (Å²) in [6, 6.07) is 4.94. The molecule has 32 heavy (non-hydrogen) atoms. The quantitative estimate of drug-likeness (QED) is 0.552. The Morgan fingerprint density at radius 2 is 1.84 bits per heavy atom. The van der Waals surface area contributed by atoms with E-state index in [-0.39, 0.29) is 10.8 Å². The van der Waals surface area contributed by atoms with Gasteiger partial charge in [-0.3, -0.25) is 10.1 Å². The van der Waals surface area contributed by atoms with E-state index in [1.165, 1.54) is 10.4 Å². The van der Waals surface area contributed by atoms with Crippen LogP contribution in [-0.4, -0.2) is 59.9 Å². The number of piperidine rings is 1. The van der Waals surface area contributed by atoms with Gasteiger partial charge in [-0.2, -0.15) is 13.7 Å². The Bertz CT molecular complexity index is 1040. The van der Waals surface area contributed by atoms with Gasteiger partial charge in [0.25, 0.3) is 5.91 Å². The van der Waals surface area contributed by atoms with Gasteiger partial charge in [-0.25, -0.2) is 8.42 Å². The molecule has 0 radical (unpaired) electrons. The zero-order valence-corrected chi connectivity index (χ0v) is 20.7. The van der Waals surface area contributed by atoms with E-state index in [1.807, 2.05) is 0 Å². The molecule has 2 saturated heterocycles. The van der Waals surface area contributed by atoms with Crippen molar-refractivity contribution in [2.75, 3.05) is 42.1 Å². The zero-order chi connectivity index (χ0) is 22.6. The molecule has 0 aliphatic carbocycles. The van der Waals surface area contributed by atoms with Crippen LogP contribution in [0.4, 0.5) is 10.8 Å². The summed E-state index contributed by atoms with van der Waals surface area (Å²) >= 11 is 2.69. The minimum absolute atomic E-state index is 0.170. The molecule has 1 aromatic heterocycles. The molecule has 0 spiro atoms. The van der Waals surface area contributed by atoms with Gasteiger partial charge in [-0.1, -0.05) is 25.1 Å². The molecule has 2 aliphatic heterocycles. The number of aromatic nitrogens is 2. The molecule has 11 heteroatoms. The Labute approximate surface area is 198 Å². The maximum atomic E-state index is 13.3. The number of rotatable bonds is 8. The number of thioether (sulfide) groups is 1. The number of nitrogens with one attached hydrogen (secondary N) is 1. The van der Waals surface area contributed by atoms with Crippen molar-refractivity contribution in [2.24, 2.45) is 0 Å². The highest BCUT2D eigenvalue weighted by Crippen LogP contribution is 2.30. The van der Waals surface area contributed by atoms with E-state index < -0.39 is 10.0 Å². The molecule has 1 aromatic carbocycles. The fourth-order valence-corrected chi connectivity index (χ4v) is 6.96. The number of carbonyl (C=O) groups excluding carboxylic acids is 1. The summed E-state index contributed by atoms with van der Waals surface area (Å²) in [6.07, 6.45) is 5.92. The monoisotopic (exact) mass is 495 g/mol. The molecule has 4 rings (SSSR count). The van der Waals surface area contributed by atoms with Crippen LogP contribution in [0.25, 0.3) is 0 Å². The van der Waals surface area contributed by atoms with Gasteiger partial charge in [0, 0.05) is 49.2 Å². The van der Waals surface area contributed by atoms with Crippen LogP contribution in [0.1, 0.15) is 55.8 Å². The molecule has 1 amide bonds. The highest BCUT2D eigenvalue weighted by atomic mass is 32.2. The van der Waals surface area contributed by atoms with Gasteiger partial charge in [0.05, 0.1) is 10.5 Å². The van der Waals surface area contributed by atoms with Crippen molar-refractivity contribution in [1.82, 2.24) is 13.7 Å². The molecule has 0 unspecified atom stereocenters. The van der Waals surface area contributed by atoms with Gasteiger partial charge in [0.15, 0.2) is 0 Å². The number of sulfonamides is 1. The Balaban J connectivity index is 1.62. The summed E-state index contributed by atoms with van der Waals surface area (Å²) in [5.74, 6) is 0.561. The van der Waals surface area contributed by atoms with Crippen molar-refractivity contribution in [2.45, 2.75) is 55.5 Å². The van der Waals surface area contributed by atoms with Crippen molar-refractivity contribution in [1.29, 1.82) is 0 Å². The van der Waals surface area contributed by atoms with E-state index >= 15 is 0 Å². The summed E-state index contributed by atoms with van der Waals surface area (Å²) in [5, 5.41) is 3.90. The van der Waals surface area contributed by atoms with Crippen LogP contribution in [0.3, 0.4) is 0 Å². The summed E-state index contributed by atoms with van der Waals surface area (Å²) in [4.78, 5) is 20.0. The van der Waals surface area contributed by atoms with Gasteiger partial charge in [-0.15, -0.1) is 0 Å². The van der Waals surface area contributed by atoms with Crippen LogP contribution >= 0.6 is 23.3 Å². The largest absolute Gasteiger partial charge is 0.371 e. The van der Waals surface area contributed by atoms with Gasteiger partial charge in [0.1, 0.15) is 0 Å². The average molecular weight is 496 g/mol. The lowest BCUT2D eigenvalue weighted by atomic mass is 10.1. The maximum absolute atomic E-state index is 13.3. The lowest BCUT2D eigenvalue weighted by Crippen LogP contribution is -2.35. The third-order valence-corrected chi connectivity index (χ3v) is 9.37. The molecule has 1 N–H and O–H groups in total. The maximum Gasteiger partial charge on any atom is 0.259 e. The van der Waals surface area contributed by atoms with E-state index in [0.29, 0.717) is 28.9 Å². The molecule has 2 aromatic rings. The predicted octanol–water partition coefficient (Wildman–Crippen LogP) is 4.07. The highest BCUT2D eigenvalue weighted by Gasteiger charge is 2.29. The SMILES string of the molecule is CCCSc1nsc(NC(=O)c2cc(S(=O)(=O)N3CCCCC3)ccc2N2CCCC2)n1. The fraction of sp³-hybridized carbons (Fsp3) is 0.571. The van der Waals surface area contributed by atoms with E-state index in [4.69, 9.17) is 0 Å². The number of nitrogens with zero attached hydrogens (tertiary/aromatic N) is 4. The van der Waals surface area contributed by atoms with Gasteiger partial charge < -0.3 is 4.90 Å². The minimum atomic E-state index is -3.63. The zero-order valence-electron chi connectivity index (χ0n) is 18.2. The van der Waals surface area contributed by atoms with E-state index in [2.05, 4.69) is 26.5 Å². The fourth-order valence-electron chi connectivity index (χ4n) is 4.02. The highest BCUT2D eigenvalue weighted by molar-refractivity contribution is 7.99. The number of hydrogen-bond acceptors (Lipinski definition) is 8. The van der Waals surface area contributed by atoms with Crippen LogP contribution in [0.2, 0.25) is 0 Å². The summed E-state index contributed by atoms with van der Waals surface area (Å²) in [7, 11) is -3.63. The van der Waals surface area contributed by atoms with Crippen molar-refractivity contribution in [3.8, 4) is 0 Å². The molecule has 174 valence electrons. The third-order valence-electron chi connectivity index (χ3n) is 5.68. The number of carbonyl (C=O) groups is 1. The average Bonchev–Trinajstić information content (AvgIpc) is 3.50. The second-order valence-corrected chi connectivity index (χ2v) is 11.8. The minimum Gasteiger partial charge on any atom is -0.371 e. The normalized spacial score (nSPS) is 17.6. The van der Waals surface area contributed by atoms with Crippen molar-refractivity contribution < 1.29 is 13.2 Å². The van der Waals surface area contributed by atoms with Crippen LogP contribution in [-0.2, 0) is 10.0 Å². The lowest BCUT2D eigenvalue weighted by molar-refractivity contribution is 0.102. The van der Waals surface area contributed by atoms with Crippen LogP contribution in [0.15, 0.2) is 28.3 Å². The molecule has 2 aliphatic rings. The van der Waals surface area contributed by atoms with E-state index in [1.54, 1.807) is 23.9 Å². The molecule has 8 nitrogen and oxygen atoms in total. The first kappa shape index (κ1) is 23.5. The van der Waals surface area contributed by atoms with Crippen LogP contribution in [0.5, 0.6) is 0 Å². The van der Waals surface area contributed by atoms with Crippen molar-refractivity contribution in [3.63, 3.8) is 0 Å². The van der Waals surface area contributed by atoms with Gasteiger partial charge >= 0.3 is 0 Å². The topological polar surface area (TPSA) is 95.5 Å². The Hall–Kier alpha value is -1.69. The molecule has 0 atom stereocenters. The Morgan fingerprint density at radius 1 is 1.12 bits per heavy atom. The summed E-state index contributed by atoms with van der Waals surface area (Å²) < 4.78 is 32.2. The molecule has 2 fully saturated rings. The van der Waals surface area contributed by atoms with Gasteiger partial charge in [0.2, 0.25) is 20.3 Å². The Morgan fingerprint density at radius 3 is 2.56 bits per heavy atom. The first-order chi connectivity index (χ1) is 15.5. The first-order valence-corrected chi connectivity index (χ1v) is 14.4. The smallest absolute Gasteiger partial charge is 0.259 e. The number of hydrogen-bond donors (Lipinski definition) is 1. The van der Waals surface area contributed by atoms with Crippen molar-refractivity contribution >= 4 is 50.0 Å². The van der Waals surface area contributed by atoms with Crippen LogP contribution in [0, 0.1) is 0 Å². The lowest BCUT2D eigenvalue weighted by Gasteiger charge is -2.27. The first-order valence-electron chi connectivity index (χ1n) is 11.2. The van der Waals surface area contributed by atoms with Crippen molar-refractivity contribution in [3.05, 3.63) is 23.8 Å². The molecular formula is C21H29N5O3S3. The number of anilines is 2. The van der Waals surface area contributed by atoms with E-state index in [9.17, 15) is 13.2 Å². The second kappa shape index (κ2) is 10.5. The standard InChI is InChI=1S/C21H29N5O3S3/c1-2-14-30-21-23-20(31-24-21)22-19(27)17-15-16(8-9-18(17)25-10-6-7-11-25)32(28,29)26-12-4-3-5-13-26/h8-9,15H,2-7,10-14H2,1H3,(H,22,23,24,27). The predicted molar refractivity (Wildman–Crippen MR) is 129 cm³/mol. The molecular weight excluding hydrogens is 466 g/mol. The Kier molecular flexibility index (Phi) is 7.70. The summed E-state index contributed by atoms with van der Waals surface area (Å²) in [6.45, 7) is 4.86. The molecule has 0 bridgehead atoms. The molecule has 3 heterocycles. The number of amides is 1. The van der Waals surface area contributed by atoms with E-state index in [0.717, 1.165) is 74.6 Å². The second-order valence-electron chi connectivity index (χ2n) is 8.02. The number of benzene rings is 1.